The minimum atomic E-state index is -4.75. The molecule has 4 nitrogen and oxygen atoms in total. The number of hydrogen-bond donors (Lipinski definition) is 2. The zero-order chi connectivity index (χ0) is 15.5. The lowest BCUT2D eigenvalue weighted by molar-refractivity contribution is -0.272. The molecule has 0 spiro atoms. The molecule has 1 aliphatic rings. The quantitative estimate of drug-likeness (QED) is 0.793. The molecule has 0 amide bonds. The van der Waals surface area contributed by atoms with E-state index in [2.05, 4.69) is 10.3 Å². The van der Waals surface area contributed by atoms with Crippen molar-refractivity contribution in [3.05, 3.63) is 18.2 Å². The van der Waals surface area contributed by atoms with E-state index in [0.717, 1.165) is 12.8 Å². The summed E-state index contributed by atoms with van der Waals surface area (Å²) in [5, 5.41) is 13.2. The molecular formula is C14H22F3N3O. The summed E-state index contributed by atoms with van der Waals surface area (Å²) in [5.41, 5.74) is -2.91. The van der Waals surface area contributed by atoms with Gasteiger partial charge in [0.05, 0.1) is 0 Å². The maximum atomic E-state index is 13.2. The predicted octanol–water partition coefficient (Wildman–Crippen LogP) is 2.34. The van der Waals surface area contributed by atoms with E-state index in [4.69, 9.17) is 0 Å². The average molecular weight is 305 g/mol. The molecule has 1 heterocycles. The molecule has 1 aromatic rings. The molecule has 1 aromatic heterocycles. The molecule has 21 heavy (non-hydrogen) atoms. The number of imidazole rings is 1. The monoisotopic (exact) mass is 305 g/mol. The van der Waals surface area contributed by atoms with E-state index in [1.807, 2.05) is 0 Å². The van der Waals surface area contributed by atoms with Crippen molar-refractivity contribution in [3.8, 4) is 0 Å². The largest absolute Gasteiger partial charge is 0.424 e. The lowest BCUT2D eigenvalue weighted by Gasteiger charge is -2.30. The van der Waals surface area contributed by atoms with E-state index in [-0.39, 0.29) is 12.4 Å². The van der Waals surface area contributed by atoms with Crippen LogP contribution in [0.1, 0.15) is 37.9 Å². The fraction of sp³-hybridized carbons (Fsp3) is 0.786. The van der Waals surface area contributed by atoms with Gasteiger partial charge >= 0.3 is 6.18 Å². The Hall–Kier alpha value is -1.08. The number of nitrogens with zero attached hydrogens (tertiary/aromatic N) is 2. The van der Waals surface area contributed by atoms with Crippen LogP contribution in [-0.2, 0) is 12.6 Å². The van der Waals surface area contributed by atoms with Crippen LogP contribution in [0.4, 0.5) is 13.2 Å². The minimum Gasteiger partial charge on any atom is -0.374 e. The van der Waals surface area contributed by atoms with Crippen LogP contribution in [0.5, 0.6) is 0 Å². The molecule has 0 aliphatic heterocycles. The number of rotatable bonds is 6. The Morgan fingerprint density at radius 2 is 2.05 bits per heavy atom. The Labute approximate surface area is 122 Å². The number of hydrogen-bond acceptors (Lipinski definition) is 3. The summed E-state index contributed by atoms with van der Waals surface area (Å²) >= 11 is 0. The van der Waals surface area contributed by atoms with Crippen molar-refractivity contribution < 1.29 is 18.3 Å². The van der Waals surface area contributed by atoms with E-state index in [0.29, 0.717) is 12.5 Å². The molecule has 120 valence electrons. The van der Waals surface area contributed by atoms with Gasteiger partial charge in [0.25, 0.3) is 0 Å². The maximum absolute atomic E-state index is 13.2. The maximum Gasteiger partial charge on any atom is 0.424 e. The van der Waals surface area contributed by atoms with Gasteiger partial charge in [-0.15, -0.1) is 0 Å². The van der Waals surface area contributed by atoms with Crippen molar-refractivity contribution in [2.24, 2.45) is 13.0 Å². The molecule has 7 heteroatoms. The zero-order valence-corrected chi connectivity index (χ0v) is 12.2. The SMILES string of the molecule is Cn1ccnc1C(O)(CCNCC1CCCC1)C(F)(F)F. The second-order valence-corrected chi connectivity index (χ2v) is 5.82. The smallest absolute Gasteiger partial charge is 0.374 e. The van der Waals surface area contributed by atoms with Gasteiger partial charge in [0, 0.05) is 25.9 Å². The topological polar surface area (TPSA) is 50.1 Å². The Morgan fingerprint density at radius 1 is 1.38 bits per heavy atom. The van der Waals surface area contributed by atoms with Crippen molar-refractivity contribution in [2.75, 3.05) is 13.1 Å². The highest BCUT2D eigenvalue weighted by Crippen LogP contribution is 2.40. The average Bonchev–Trinajstić information content (AvgIpc) is 3.04. The summed E-state index contributed by atoms with van der Waals surface area (Å²) in [4.78, 5) is 3.68. The van der Waals surface area contributed by atoms with Gasteiger partial charge < -0.3 is 15.0 Å². The van der Waals surface area contributed by atoms with Crippen LogP contribution >= 0.6 is 0 Å². The van der Waals surface area contributed by atoms with Crippen LogP contribution in [0.3, 0.4) is 0 Å². The van der Waals surface area contributed by atoms with Crippen molar-refractivity contribution in [3.63, 3.8) is 0 Å². The summed E-state index contributed by atoms with van der Waals surface area (Å²) in [6.45, 7) is 0.827. The highest BCUT2D eigenvalue weighted by Gasteiger charge is 2.56. The van der Waals surface area contributed by atoms with E-state index in [1.165, 1.54) is 36.9 Å². The van der Waals surface area contributed by atoms with Crippen molar-refractivity contribution >= 4 is 0 Å². The molecule has 1 aliphatic carbocycles. The van der Waals surface area contributed by atoms with Crippen molar-refractivity contribution in [1.29, 1.82) is 0 Å². The third kappa shape index (κ3) is 3.58. The molecule has 2 rings (SSSR count). The minimum absolute atomic E-state index is 0.110. The number of aryl methyl sites for hydroxylation is 1. The Morgan fingerprint density at radius 3 is 2.57 bits per heavy atom. The lowest BCUT2D eigenvalue weighted by Crippen LogP contribution is -2.46. The molecule has 1 atom stereocenters. The van der Waals surface area contributed by atoms with Gasteiger partial charge in [0.1, 0.15) is 5.82 Å². The number of nitrogens with one attached hydrogen (secondary N) is 1. The molecule has 1 saturated carbocycles. The first kappa shape index (κ1) is 16.3. The van der Waals surface area contributed by atoms with Crippen molar-refractivity contribution in [1.82, 2.24) is 14.9 Å². The Balaban J connectivity index is 1.96. The van der Waals surface area contributed by atoms with E-state index >= 15 is 0 Å². The third-order valence-corrected chi connectivity index (χ3v) is 4.23. The molecule has 1 unspecified atom stereocenters. The normalized spacial score (nSPS) is 19.9. The Kier molecular flexibility index (Phi) is 4.93. The molecule has 2 N–H and O–H groups in total. The number of halogens is 3. The molecule has 1 fully saturated rings. The van der Waals surface area contributed by atoms with Gasteiger partial charge in [0.15, 0.2) is 0 Å². The molecule has 0 aromatic carbocycles. The van der Waals surface area contributed by atoms with Crippen molar-refractivity contribution in [2.45, 2.75) is 43.9 Å². The summed E-state index contributed by atoms with van der Waals surface area (Å²) < 4.78 is 40.9. The van der Waals surface area contributed by atoms with Crippen LogP contribution in [0, 0.1) is 5.92 Å². The van der Waals surface area contributed by atoms with Gasteiger partial charge in [-0.2, -0.15) is 13.2 Å². The highest BCUT2D eigenvalue weighted by atomic mass is 19.4. The second kappa shape index (κ2) is 6.36. The number of aliphatic hydroxyl groups is 1. The van der Waals surface area contributed by atoms with Gasteiger partial charge in [0.2, 0.25) is 5.60 Å². The van der Waals surface area contributed by atoms with Crippen LogP contribution in [0.2, 0.25) is 0 Å². The third-order valence-electron chi connectivity index (χ3n) is 4.23. The molecule has 0 bridgehead atoms. The lowest BCUT2D eigenvalue weighted by atomic mass is 9.97. The van der Waals surface area contributed by atoms with Crippen LogP contribution in [0.25, 0.3) is 0 Å². The molecule has 0 radical (unpaired) electrons. The highest BCUT2D eigenvalue weighted by molar-refractivity contribution is 5.08. The standard InChI is InChI=1S/C14H22F3N3O/c1-20-9-8-19-12(20)13(21,14(15,16)17)6-7-18-10-11-4-2-3-5-11/h8-9,11,18,21H,2-7,10H2,1H3. The zero-order valence-electron chi connectivity index (χ0n) is 12.2. The van der Waals surface area contributed by atoms with Crippen LogP contribution < -0.4 is 5.32 Å². The summed E-state index contributed by atoms with van der Waals surface area (Å²) in [7, 11) is 1.45. The van der Waals surface area contributed by atoms with Crippen LogP contribution in [0.15, 0.2) is 12.4 Å². The fourth-order valence-electron chi connectivity index (χ4n) is 2.93. The predicted molar refractivity (Wildman–Crippen MR) is 72.6 cm³/mol. The van der Waals surface area contributed by atoms with E-state index in [9.17, 15) is 18.3 Å². The summed E-state index contributed by atoms with van der Waals surface area (Å²) in [6.07, 6.45) is 2.15. The summed E-state index contributed by atoms with van der Waals surface area (Å²) in [5.74, 6) is 0.190. The van der Waals surface area contributed by atoms with Gasteiger partial charge in [-0.3, -0.25) is 0 Å². The first-order valence-corrected chi connectivity index (χ1v) is 7.32. The molecule has 0 saturated heterocycles. The summed E-state index contributed by atoms with van der Waals surface area (Å²) in [6, 6.07) is 0. The van der Waals surface area contributed by atoms with E-state index in [1.54, 1.807) is 0 Å². The van der Waals surface area contributed by atoms with Crippen LogP contribution in [-0.4, -0.2) is 33.9 Å². The number of alkyl halides is 3. The Bertz CT molecular complexity index is 455. The first-order valence-electron chi connectivity index (χ1n) is 7.32. The first-order chi connectivity index (χ1) is 9.84. The fourth-order valence-corrected chi connectivity index (χ4v) is 2.93. The van der Waals surface area contributed by atoms with E-state index < -0.39 is 18.2 Å². The molecular weight excluding hydrogens is 283 g/mol. The second-order valence-electron chi connectivity index (χ2n) is 5.82. The number of aromatic nitrogens is 2. The van der Waals surface area contributed by atoms with Gasteiger partial charge in [-0.1, -0.05) is 12.8 Å². The van der Waals surface area contributed by atoms with Gasteiger partial charge in [-0.25, -0.2) is 4.98 Å². The van der Waals surface area contributed by atoms with Gasteiger partial charge in [-0.05, 0) is 31.8 Å².